The van der Waals surface area contributed by atoms with Gasteiger partial charge in [0.1, 0.15) is 0 Å². The van der Waals surface area contributed by atoms with E-state index in [9.17, 15) is 4.79 Å². The van der Waals surface area contributed by atoms with Crippen LogP contribution in [0.5, 0.6) is 0 Å². The molecule has 0 aliphatic carbocycles. The van der Waals surface area contributed by atoms with Crippen molar-refractivity contribution in [3.63, 3.8) is 0 Å². The molecule has 3 rings (SSSR count). The molecule has 5 heteroatoms. The summed E-state index contributed by atoms with van der Waals surface area (Å²) in [6.45, 7) is 2.07. The number of hydrogen-bond acceptors (Lipinski definition) is 3. The molecule has 2 bridgehead atoms. The van der Waals surface area contributed by atoms with E-state index in [2.05, 4.69) is 29.0 Å². The molecule has 1 aromatic rings. The van der Waals surface area contributed by atoms with Crippen LogP contribution < -0.4 is 10.6 Å². The van der Waals surface area contributed by atoms with Gasteiger partial charge in [-0.15, -0.1) is 23.7 Å². The molecule has 2 aliphatic rings. The van der Waals surface area contributed by atoms with E-state index in [1.165, 1.54) is 30.6 Å². The first-order valence-corrected chi connectivity index (χ1v) is 8.17. The van der Waals surface area contributed by atoms with Crippen molar-refractivity contribution < 1.29 is 4.79 Å². The highest BCUT2D eigenvalue weighted by atomic mass is 35.5. The third-order valence-electron chi connectivity index (χ3n) is 4.39. The van der Waals surface area contributed by atoms with Crippen molar-refractivity contribution >= 4 is 29.7 Å². The molecule has 2 aliphatic heterocycles. The van der Waals surface area contributed by atoms with Crippen LogP contribution in [0.25, 0.3) is 0 Å². The van der Waals surface area contributed by atoms with Gasteiger partial charge >= 0.3 is 0 Å². The summed E-state index contributed by atoms with van der Waals surface area (Å²) < 4.78 is 0. The van der Waals surface area contributed by atoms with Gasteiger partial charge in [0.25, 0.3) is 0 Å². The monoisotopic (exact) mass is 314 g/mol. The summed E-state index contributed by atoms with van der Waals surface area (Å²) in [5, 5.41) is 8.82. The second kappa shape index (κ2) is 6.92. The van der Waals surface area contributed by atoms with Crippen LogP contribution in [0.1, 0.15) is 49.9 Å². The maximum atomic E-state index is 12.1. The normalized spacial score (nSPS) is 29.6. The molecular weight excluding hydrogens is 292 g/mol. The van der Waals surface area contributed by atoms with E-state index in [1.807, 2.05) is 6.07 Å². The van der Waals surface area contributed by atoms with Gasteiger partial charge in [0.05, 0.1) is 6.04 Å². The number of nitrogens with one attached hydrogen (secondary N) is 2. The first-order valence-electron chi connectivity index (χ1n) is 7.29. The molecule has 0 radical (unpaired) electrons. The van der Waals surface area contributed by atoms with Gasteiger partial charge in [0.15, 0.2) is 0 Å². The molecule has 20 heavy (non-hydrogen) atoms. The minimum absolute atomic E-state index is 0. The Labute approximate surface area is 130 Å². The number of hydrogen-bond donors (Lipinski definition) is 2. The van der Waals surface area contributed by atoms with Crippen molar-refractivity contribution in [2.45, 2.75) is 57.2 Å². The van der Waals surface area contributed by atoms with Gasteiger partial charge in [0, 0.05) is 23.4 Å². The topological polar surface area (TPSA) is 41.1 Å². The summed E-state index contributed by atoms with van der Waals surface area (Å²) in [6.07, 6.45) is 5.65. The molecule has 3 atom stereocenters. The zero-order valence-electron chi connectivity index (χ0n) is 11.8. The minimum Gasteiger partial charge on any atom is -0.349 e. The van der Waals surface area contributed by atoms with Crippen molar-refractivity contribution in [1.82, 2.24) is 10.6 Å². The first kappa shape index (κ1) is 15.8. The molecule has 0 saturated carbocycles. The lowest BCUT2D eigenvalue weighted by Gasteiger charge is -2.29. The van der Waals surface area contributed by atoms with Gasteiger partial charge in [0.2, 0.25) is 5.91 Å². The van der Waals surface area contributed by atoms with Crippen molar-refractivity contribution in [3.8, 4) is 0 Å². The Morgan fingerprint density at radius 3 is 2.75 bits per heavy atom. The number of fused-ring (bicyclic) bond motifs is 2. The smallest absolute Gasteiger partial charge is 0.220 e. The largest absolute Gasteiger partial charge is 0.349 e. The van der Waals surface area contributed by atoms with Gasteiger partial charge in [-0.25, -0.2) is 0 Å². The van der Waals surface area contributed by atoms with Crippen molar-refractivity contribution in [2.75, 3.05) is 0 Å². The quantitative estimate of drug-likeness (QED) is 0.895. The Balaban J connectivity index is 0.00000147. The van der Waals surface area contributed by atoms with Crippen LogP contribution in [0.4, 0.5) is 0 Å². The van der Waals surface area contributed by atoms with E-state index < -0.39 is 0 Å². The second-order valence-corrected chi connectivity index (χ2v) is 6.96. The van der Waals surface area contributed by atoms with Gasteiger partial charge in [-0.05, 0) is 50.0 Å². The molecule has 2 N–H and O–H groups in total. The lowest BCUT2D eigenvalue weighted by molar-refractivity contribution is -0.122. The van der Waals surface area contributed by atoms with Crippen molar-refractivity contribution in [2.24, 2.45) is 5.92 Å². The Morgan fingerprint density at radius 1 is 1.45 bits per heavy atom. The Kier molecular flexibility index (Phi) is 5.47. The standard InChI is InChI=1S/C15H22N2OS.ClH/c1-10(14-3-2-6-19-14)16-15(18)9-11-7-12-4-5-13(8-11)17-12;/h2-3,6,10-13,17H,4-5,7-9H2,1H3,(H,16,18);1H. The Bertz CT molecular complexity index is 425. The number of halogens is 1. The summed E-state index contributed by atoms with van der Waals surface area (Å²) >= 11 is 1.71. The van der Waals surface area contributed by atoms with Crippen LogP contribution in [-0.4, -0.2) is 18.0 Å². The van der Waals surface area contributed by atoms with Crippen LogP contribution in [0.2, 0.25) is 0 Å². The van der Waals surface area contributed by atoms with Crippen LogP contribution in [0.15, 0.2) is 17.5 Å². The summed E-state index contributed by atoms with van der Waals surface area (Å²) in [7, 11) is 0. The van der Waals surface area contributed by atoms with Crippen LogP contribution in [-0.2, 0) is 4.79 Å². The molecule has 1 amide bonds. The van der Waals surface area contributed by atoms with E-state index in [-0.39, 0.29) is 24.4 Å². The highest BCUT2D eigenvalue weighted by Crippen LogP contribution is 2.32. The average molecular weight is 315 g/mol. The fourth-order valence-electron chi connectivity index (χ4n) is 3.51. The number of carbonyl (C=O) groups excluding carboxylic acids is 1. The predicted molar refractivity (Wildman–Crippen MR) is 85.4 cm³/mol. The molecule has 3 heterocycles. The molecular formula is C15H23ClN2OS. The van der Waals surface area contributed by atoms with Gasteiger partial charge in [-0.3, -0.25) is 4.79 Å². The molecule has 2 fully saturated rings. The maximum Gasteiger partial charge on any atom is 0.220 e. The van der Waals surface area contributed by atoms with E-state index in [0.29, 0.717) is 24.4 Å². The SMILES string of the molecule is CC(NC(=O)CC1CC2CCC(C1)N2)c1cccs1.Cl. The van der Waals surface area contributed by atoms with Crippen LogP contribution in [0.3, 0.4) is 0 Å². The number of amides is 1. The summed E-state index contributed by atoms with van der Waals surface area (Å²) in [4.78, 5) is 13.4. The van der Waals surface area contributed by atoms with Gasteiger partial charge in [-0.1, -0.05) is 6.07 Å². The van der Waals surface area contributed by atoms with Crippen LogP contribution >= 0.6 is 23.7 Å². The lowest BCUT2D eigenvalue weighted by atomic mass is 9.89. The lowest BCUT2D eigenvalue weighted by Crippen LogP contribution is -2.39. The molecule has 112 valence electrons. The number of rotatable bonds is 4. The van der Waals surface area contributed by atoms with Crippen molar-refractivity contribution in [3.05, 3.63) is 22.4 Å². The zero-order valence-corrected chi connectivity index (χ0v) is 13.4. The third-order valence-corrected chi connectivity index (χ3v) is 5.45. The fraction of sp³-hybridized carbons (Fsp3) is 0.667. The molecule has 3 nitrogen and oxygen atoms in total. The maximum absolute atomic E-state index is 12.1. The fourth-order valence-corrected chi connectivity index (χ4v) is 4.25. The Morgan fingerprint density at radius 2 is 2.15 bits per heavy atom. The summed E-state index contributed by atoms with van der Waals surface area (Å²) in [5.41, 5.74) is 0. The van der Waals surface area contributed by atoms with E-state index >= 15 is 0 Å². The third kappa shape index (κ3) is 3.74. The first-order chi connectivity index (χ1) is 9.20. The number of thiophene rings is 1. The molecule has 0 spiro atoms. The van der Waals surface area contributed by atoms with Crippen LogP contribution in [0, 0.1) is 5.92 Å². The minimum atomic E-state index is 0. The van der Waals surface area contributed by atoms with Gasteiger partial charge in [-0.2, -0.15) is 0 Å². The highest BCUT2D eigenvalue weighted by molar-refractivity contribution is 7.10. The van der Waals surface area contributed by atoms with E-state index in [0.717, 1.165) is 0 Å². The highest BCUT2D eigenvalue weighted by Gasteiger charge is 2.34. The van der Waals surface area contributed by atoms with Gasteiger partial charge < -0.3 is 10.6 Å². The predicted octanol–water partition coefficient (Wildman–Crippen LogP) is 3.27. The molecule has 1 aromatic heterocycles. The number of carbonyl (C=O) groups is 1. The molecule has 0 aromatic carbocycles. The van der Waals surface area contributed by atoms with Crippen molar-refractivity contribution in [1.29, 1.82) is 0 Å². The molecule has 2 saturated heterocycles. The zero-order chi connectivity index (χ0) is 13.2. The van der Waals surface area contributed by atoms with E-state index in [1.54, 1.807) is 11.3 Å². The van der Waals surface area contributed by atoms with E-state index in [4.69, 9.17) is 0 Å². The summed E-state index contributed by atoms with van der Waals surface area (Å²) in [6, 6.07) is 5.61. The molecule has 3 unspecified atom stereocenters. The number of piperidine rings is 1. The Hall–Kier alpha value is -0.580. The average Bonchev–Trinajstić information content (AvgIpc) is 2.99. The summed E-state index contributed by atoms with van der Waals surface area (Å²) in [5.74, 6) is 0.793. The second-order valence-electron chi connectivity index (χ2n) is 5.98.